The summed E-state index contributed by atoms with van der Waals surface area (Å²) < 4.78 is 15.5. The van der Waals surface area contributed by atoms with Crippen LogP contribution in [-0.4, -0.2) is 34.2 Å². The molecule has 1 aliphatic carbocycles. The average Bonchev–Trinajstić information content (AvgIpc) is 3.24. The summed E-state index contributed by atoms with van der Waals surface area (Å²) in [4.78, 5) is 14.2. The summed E-state index contributed by atoms with van der Waals surface area (Å²) >= 11 is 1.43. The molecule has 1 saturated carbocycles. The number of hydrogen-bond acceptors (Lipinski definition) is 7. The number of hydrogen-bond donors (Lipinski definition) is 1. The summed E-state index contributed by atoms with van der Waals surface area (Å²) in [5.41, 5.74) is 10.6. The zero-order valence-electron chi connectivity index (χ0n) is 16.1. The van der Waals surface area contributed by atoms with Crippen molar-refractivity contribution < 1.29 is 4.21 Å². The van der Waals surface area contributed by atoms with E-state index in [2.05, 4.69) is 15.1 Å². The van der Waals surface area contributed by atoms with Crippen LogP contribution in [0.4, 0.5) is 5.69 Å². The van der Waals surface area contributed by atoms with Gasteiger partial charge in [0, 0.05) is 47.4 Å². The number of nitrogens with zero attached hydrogens (tertiary/aromatic N) is 5. The highest BCUT2D eigenvalue weighted by atomic mass is 32.2. The first-order chi connectivity index (χ1) is 14.0. The molecule has 0 amide bonds. The van der Waals surface area contributed by atoms with Gasteiger partial charge in [0.15, 0.2) is 0 Å². The smallest absolute Gasteiger partial charge is 0.127 e. The van der Waals surface area contributed by atoms with Gasteiger partial charge in [0.1, 0.15) is 14.9 Å². The van der Waals surface area contributed by atoms with E-state index in [4.69, 9.17) is 10.7 Å². The first-order valence-corrected chi connectivity index (χ1v) is 11.5. The number of nitrogen functional groups attached to an aromatic ring is 1. The number of rotatable bonds is 4. The largest absolute Gasteiger partial charge is 0.396 e. The Morgan fingerprint density at radius 2 is 1.97 bits per heavy atom. The molecule has 0 saturated heterocycles. The van der Waals surface area contributed by atoms with Crippen LogP contribution in [0.25, 0.3) is 32.6 Å². The van der Waals surface area contributed by atoms with Crippen molar-refractivity contribution in [2.75, 3.05) is 5.73 Å². The van der Waals surface area contributed by atoms with Crippen molar-refractivity contribution >= 4 is 38.0 Å². The minimum atomic E-state index is -1.09. The Balaban J connectivity index is 1.74. The maximum absolute atomic E-state index is 13.0. The molecule has 1 fully saturated rings. The number of fused-ring (bicyclic) bond motifs is 1. The zero-order valence-corrected chi connectivity index (χ0v) is 17.8. The molecule has 9 heteroatoms. The molecule has 2 N–H and O–H groups in total. The summed E-state index contributed by atoms with van der Waals surface area (Å²) in [6.07, 6.45) is 10.4. The van der Waals surface area contributed by atoms with Gasteiger partial charge in [-0.2, -0.15) is 5.10 Å². The highest BCUT2D eigenvalue weighted by molar-refractivity contribution is 7.88. The molecule has 0 aliphatic heterocycles. The van der Waals surface area contributed by atoms with E-state index in [0.717, 1.165) is 56.1 Å². The predicted octanol–water partition coefficient (Wildman–Crippen LogP) is 3.70. The summed E-state index contributed by atoms with van der Waals surface area (Å²) in [6.45, 7) is 1.85. The Labute approximate surface area is 174 Å². The second kappa shape index (κ2) is 7.00. The highest BCUT2D eigenvalue weighted by Gasteiger charge is 2.29. The Hall–Kier alpha value is -2.65. The average molecular weight is 425 g/mol. The fourth-order valence-corrected chi connectivity index (χ4v) is 6.66. The van der Waals surface area contributed by atoms with Gasteiger partial charge >= 0.3 is 0 Å². The van der Waals surface area contributed by atoms with E-state index in [1.54, 1.807) is 17.1 Å². The van der Waals surface area contributed by atoms with Gasteiger partial charge in [-0.3, -0.25) is 8.89 Å². The lowest BCUT2D eigenvalue weighted by Gasteiger charge is -2.23. The second-order valence-corrected chi connectivity index (χ2v) is 10.2. The molecule has 0 aromatic carbocycles. The summed E-state index contributed by atoms with van der Waals surface area (Å²) in [6, 6.07) is 1.99. The Kier molecular flexibility index (Phi) is 4.44. The number of nitrogens with two attached hydrogens (primary N) is 1. The summed E-state index contributed by atoms with van der Waals surface area (Å²) in [5, 5.41) is 5.37. The van der Waals surface area contributed by atoms with Crippen LogP contribution < -0.4 is 5.73 Å². The maximum atomic E-state index is 13.0. The molecule has 5 rings (SSSR count). The highest BCUT2D eigenvalue weighted by Crippen LogP contribution is 2.44. The first kappa shape index (κ1) is 18.4. The topological polar surface area (TPSA) is 99.6 Å². The molecule has 1 aliphatic rings. The molecule has 4 aromatic rings. The third-order valence-electron chi connectivity index (χ3n) is 5.30. The molecule has 29 heavy (non-hydrogen) atoms. The SMILES string of the molecule is Cc1ncc(-c2cc(-c3cnn(C)c3)c3c(N)c(S(=O)C4CCC4)sc3n2)cn1. The second-order valence-electron chi connectivity index (χ2n) is 7.31. The number of aromatic nitrogens is 5. The fraction of sp³-hybridized carbons (Fsp3) is 0.300. The summed E-state index contributed by atoms with van der Waals surface area (Å²) in [7, 11) is 0.788. The van der Waals surface area contributed by atoms with Gasteiger partial charge in [0.05, 0.1) is 28.4 Å². The third kappa shape index (κ3) is 3.14. The van der Waals surface area contributed by atoms with Crippen LogP contribution in [0.5, 0.6) is 0 Å². The lowest BCUT2D eigenvalue weighted by molar-refractivity contribution is 0.505. The quantitative estimate of drug-likeness (QED) is 0.536. The maximum Gasteiger partial charge on any atom is 0.127 e. The molecular weight excluding hydrogens is 404 g/mol. The van der Waals surface area contributed by atoms with Crippen molar-refractivity contribution in [3.05, 3.63) is 36.7 Å². The van der Waals surface area contributed by atoms with Gasteiger partial charge in [-0.05, 0) is 31.4 Å². The van der Waals surface area contributed by atoms with Crippen LogP contribution in [-0.2, 0) is 17.8 Å². The van der Waals surface area contributed by atoms with Crippen molar-refractivity contribution in [1.29, 1.82) is 0 Å². The van der Waals surface area contributed by atoms with Crippen LogP contribution in [0.15, 0.2) is 35.1 Å². The molecule has 7 nitrogen and oxygen atoms in total. The number of anilines is 1. The normalized spacial score (nSPS) is 15.5. The number of aryl methyl sites for hydroxylation is 2. The Morgan fingerprint density at radius 3 is 2.59 bits per heavy atom. The van der Waals surface area contributed by atoms with Gasteiger partial charge < -0.3 is 5.73 Å². The van der Waals surface area contributed by atoms with Gasteiger partial charge in [-0.1, -0.05) is 6.42 Å². The Morgan fingerprint density at radius 1 is 1.21 bits per heavy atom. The van der Waals surface area contributed by atoms with E-state index in [-0.39, 0.29) is 5.25 Å². The van der Waals surface area contributed by atoms with Crippen molar-refractivity contribution in [1.82, 2.24) is 24.7 Å². The minimum Gasteiger partial charge on any atom is -0.396 e. The monoisotopic (exact) mass is 424 g/mol. The van der Waals surface area contributed by atoms with Gasteiger partial charge in [-0.15, -0.1) is 11.3 Å². The van der Waals surface area contributed by atoms with E-state index in [0.29, 0.717) is 11.5 Å². The molecule has 148 valence electrons. The van der Waals surface area contributed by atoms with Crippen molar-refractivity contribution in [3.63, 3.8) is 0 Å². The minimum absolute atomic E-state index is 0.206. The van der Waals surface area contributed by atoms with Gasteiger partial charge in [0.2, 0.25) is 0 Å². The van der Waals surface area contributed by atoms with Crippen LogP contribution in [0, 0.1) is 6.92 Å². The number of thiophene rings is 1. The van der Waals surface area contributed by atoms with E-state index in [1.807, 2.05) is 32.4 Å². The standard InChI is InChI=1S/C20H20N6OS2/c1-11-22-7-12(8-23-11)16-6-15(13-9-24-26(2)10-13)17-18(21)20(28-19(17)25-16)29(27)14-4-3-5-14/h6-10,14H,3-5,21H2,1-2H3. The van der Waals surface area contributed by atoms with E-state index in [9.17, 15) is 4.21 Å². The Bertz CT molecular complexity index is 1240. The number of pyridine rings is 1. The van der Waals surface area contributed by atoms with Gasteiger partial charge in [0.25, 0.3) is 0 Å². The third-order valence-corrected chi connectivity index (χ3v) is 8.59. The first-order valence-electron chi connectivity index (χ1n) is 9.43. The van der Waals surface area contributed by atoms with Crippen LogP contribution in [0.1, 0.15) is 25.1 Å². The van der Waals surface area contributed by atoms with Crippen molar-refractivity contribution in [2.24, 2.45) is 7.05 Å². The zero-order chi connectivity index (χ0) is 20.1. The summed E-state index contributed by atoms with van der Waals surface area (Å²) in [5.74, 6) is 0.709. The molecule has 1 atom stereocenters. The van der Waals surface area contributed by atoms with Crippen LogP contribution in [0.3, 0.4) is 0 Å². The van der Waals surface area contributed by atoms with Crippen molar-refractivity contribution in [2.45, 2.75) is 35.6 Å². The van der Waals surface area contributed by atoms with Crippen LogP contribution >= 0.6 is 11.3 Å². The molecule has 0 bridgehead atoms. The molecule has 4 aromatic heterocycles. The molecule has 0 spiro atoms. The molecule has 1 unspecified atom stereocenters. The van der Waals surface area contributed by atoms with E-state index in [1.165, 1.54) is 11.3 Å². The van der Waals surface area contributed by atoms with E-state index >= 15 is 0 Å². The lowest BCUT2D eigenvalue weighted by atomic mass is 10.0. The molecule has 4 heterocycles. The fourth-order valence-electron chi connectivity index (χ4n) is 3.45. The molecule has 0 radical (unpaired) electrons. The molecular formula is C20H20N6OS2. The van der Waals surface area contributed by atoms with Gasteiger partial charge in [-0.25, -0.2) is 15.0 Å². The van der Waals surface area contributed by atoms with Crippen molar-refractivity contribution in [3.8, 4) is 22.4 Å². The van der Waals surface area contributed by atoms with Crippen LogP contribution in [0.2, 0.25) is 0 Å². The lowest BCUT2D eigenvalue weighted by Crippen LogP contribution is -2.23. The van der Waals surface area contributed by atoms with E-state index < -0.39 is 10.8 Å². The predicted molar refractivity (Wildman–Crippen MR) is 116 cm³/mol.